The van der Waals surface area contributed by atoms with Crippen LogP contribution < -0.4 is 15.5 Å². The minimum atomic E-state index is -0.897. The van der Waals surface area contributed by atoms with Crippen LogP contribution in [0.1, 0.15) is 24.1 Å². The smallest absolute Gasteiger partial charge is 0.404 e. The maximum atomic E-state index is 14.7. The van der Waals surface area contributed by atoms with E-state index in [0.717, 1.165) is 44.7 Å². The molecule has 2 aliphatic heterocycles. The second-order valence-electron chi connectivity index (χ2n) is 8.01. The first kappa shape index (κ1) is 19.5. The summed E-state index contributed by atoms with van der Waals surface area (Å²) in [5.74, 6) is 0.942. The zero-order valence-corrected chi connectivity index (χ0v) is 16.7. The van der Waals surface area contributed by atoms with Crippen LogP contribution in [0.3, 0.4) is 0 Å². The molecule has 154 valence electrons. The SMILES string of the molecule is Cc1ccc(N2CCC(C3CN(c4cccc(COC(N)=O)c4F)C3)CC2)cn1. The summed E-state index contributed by atoms with van der Waals surface area (Å²) >= 11 is 0. The van der Waals surface area contributed by atoms with Crippen LogP contribution in [0.25, 0.3) is 0 Å². The molecule has 0 saturated carbocycles. The van der Waals surface area contributed by atoms with Crippen molar-refractivity contribution in [3.8, 4) is 0 Å². The minimum absolute atomic E-state index is 0.140. The molecule has 2 aliphatic rings. The van der Waals surface area contributed by atoms with Gasteiger partial charge in [-0.25, -0.2) is 9.18 Å². The number of carbonyl (C=O) groups is 1. The van der Waals surface area contributed by atoms with Crippen molar-refractivity contribution < 1.29 is 13.9 Å². The molecule has 1 aromatic heterocycles. The molecule has 0 unspecified atom stereocenters. The third kappa shape index (κ3) is 4.28. The summed E-state index contributed by atoms with van der Waals surface area (Å²) in [4.78, 5) is 19.7. The highest BCUT2D eigenvalue weighted by atomic mass is 19.1. The molecule has 6 nitrogen and oxygen atoms in total. The van der Waals surface area contributed by atoms with Gasteiger partial charge < -0.3 is 20.3 Å². The van der Waals surface area contributed by atoms with E-state index in [1.807, 2.05) is 13.1 Å². The molecular weight excluding hydrogens is 371 g/mol. The normalized spacial score (nSPS) is 17.9. The number of hydrogen-bond acceptors (Lipinski definition) is 5. The summed E-state index contributed by atoms with van der Waals surface area (Å²) in [5, 5.41) is 0. The lowest BCUT2D eigenvalue weighted by Gasteiger charge is -2.47. The Morgan fingerprint density at radius 3 is 2.59 bits per heavy atom. The minimum Gasteiger partial charge on any atom is -0.445 e. The first-order chi connectivity index (χ1) is 14.0. The number of benzene rings is 1. The van der Waals surface area contributed by atoms with E-state index in [2.05, 4.69) is 26.9 Å². The second kappa shape index (κ2) is 8.27. The van der Waals surface area contributed by atoms with Crippen molar-refractivity contribution in [3.05, 3.63) is 53.6 Å². The van der Waals surface area contributed by atoms with Crippen molar-refractivity contribution in [1.29, 1.82) is 0 Å². The lowest BCUT2D eigenvalue weighted by Crippen LogP contribution is -2.52. The van der Waals surface area contributed by atoms with E-state index in [-0.39, 0.29) is 12.4 Å². The molecule has 2 aromatic rings. The van der Waals surface area contributed by atoms with Gasteiger partial charge >= 0.3 is 6.09 Å². The first-order valence-corrected chi connectivity index (χ1v) is 10.1. The highest BCUT2D eigenvalue weighted by Crippen LogP contribution is 2.37. The van der Waals surface area contributed by atoms with Crippen LogP contribution in [0, 0.1) is 24.6 Å². The molecule has 0 spiro atoms. The van der Waals surface area contributed by atoms with E-state index in [9.17, 15) is 9.18 Å². The van der Waals surface area contributed by atoms with Gasteiger partial charge in [0.25, 0.3) is 0 Å². The number of nitrogens with zero attached hydrogens (tertiary/aromatic N) is 3. The van der Waals surface area contributed by atoms with Gasteiger partial charge in [-0.2, -0.15) is 0 Å². The number of nitrogens with two attached hydrogens (primary N) is 1. The third-order valence-corrected chi connectivity index (χ3v) is 6.15. The van der Waals surface area contributed by atoms with Crippen molar-refractivity contribution in [2.75, 3.05) is 36.0 Å². The standard InChI is InChI=1S/C22H27FN4O2/c1-15-5-6-19(11-25-15)26-9-7-16(8-10-26)18-12-27(13-18)20-4-2-3-17(21(20)23)14-29-22(24)28/h2-6,11,16,18H,7-10,12-14H2,1H3,(H2,24,28). The van der Waals surface area contributed by atoms with Gasteiger partial charge in [0.05, 0.1) is 17.6 Å². The van der Waals surface area contributed by atoms with Crippen LogP contribution in [-0.2, 0) is 11.3 Å². The second-order valence-corrected chi connectivity index (χ2v) is 8.01. The highest BCUT2D eigenvalue weighted by molar-refractivity contribution is 5.64. The zero-order valence-electron chi connectivity index (χ0n) is 16.7. The van der Waals surface area contributed by atoms with E-state index in [1.165, 1.54) is 5.69 Å². The average molecular weight is 398 g/mol. The van der Waals surface area contributed by atoms with E-state index in [4.69, 9.17) is 10.5 Å². The summed E-state index contributed by atoms with van der Waals surface area (Å²) in [5.41, 5.74) is 8.14. The average Bonchev–Trinajstić information content (AvgIpc) is 2.68. The van der Waals surface area contributed by atoms with E-state index in [1.54, 1.807) is 18.2 Å². The number of primary amides is 1. The Morgan fingerprint density at radius 1 is 1.17 bits per heavy atom. The maximum absolute atomic E-state index is 14.7. The number of aryl methyl sites for hydroxylation is 1. The number of halogens is 1. The van der Waals surface area contributed by atoms with E-state index >= 15 is 0 Å². The molecule has 2 saturated heterocycles. The van der Waals surface area contributed by atoms with Gasteiger partial charge in [0, 0.05) is 37.4 Å². The molecule has 3 heterocycles. The molecule has 0 aliphatic carbocycles. The molecule has 0 radical (unpaired) electrons. The predicted octanol–water partition coefficient (Wildman–Crippen LogP) is 3.48. The Bertz CT molecular complexity index is 860. The molecule has 2 N–H and O–H groups in total. The number of ether oxygens (including phenoxy) is 1. The first-order valence-electron chi connectivity index (χ1n) is 10.1. The van der Waals surface area contributed by atoms with Crippen LogP contribution in [0.5, 0.6) is 0 Å². The molecule has 0 bridgehead atoms. The Balaban J connectivity index is 1.30. The molecule has 1 amide bonds. The molecular formula is C22H27FN4O2. The van der Waals surface area contributed by atoms with Gasteiger partial charge in [-0.05, 0) is 49.8 Å². The van der Waals surface area contributed by atoms with E-state index in [0.29, 0.717) is 23.1 Å². The van der Waals surface area contributed by atoms with Gasteiger partial charge in [-0.1, -0.05) is 12.1 Å². The van der Waals surface area contributed by atoms with E-state index < -0.39 is 6.09 Å². The number of hydrogen-bond donors (Lipinski definition) is 1. The zero-order chi connectivity index (χ0) is 20.4. The third-order valence-electron chi connectivity index (χ3n) is 6.15. The van der Waals surface area contributed by atoms with Crippen LogP contribution in [0.2, 0.25) is 0 Å². The van der Waals surface area contributed by atoms with Crippen molar-refractivity contribution in [2.45, 2.75) is 26.4 Å². The highest BCUT2D eigenvalue weighted by Gasteiger charge is 2.36. The Morgan fingerprint density at radius 2 is 1.93 bits per heavy atom. The van der Waals surface area contributed by atoms with Crippen molar-refractivity contribution in [2.24, 2.45) is 17.6 Å². The number of piperidine rings is 1. The summed E-state index contributed by atoms with van der Waals surface area (Å²) in [6, 6.07) is 9.40. The fraction of sp³-hybridized carbons (Fsp3) is 0.455. The number of pyridine rings is 1. The number of anilines is 2. The fourth-order valence-electron chi connectivity index (χ4n) is 4.35. The fourth-order valence-corrected chi connectivity index (χ4v) is 4.35. The van der Waals surface area contributed by atoms with Gasteiger partial charge in [-0.3, -0.25) is 4.98 Å². The molecule has 0 atom stereocenters. The predicted molar refractivity (Wildman–Crippen MR) is 110 cm³/mol. The summed E-state index contributed by atoms with van der Waals surface area (Å²) < 4.78 is 19.5. The number of aromatic nitrogens is 1. The number of amides is 1. The van der Waals surface area contributed by atoms with Gasteiger partial charge in [0.2, 0.25) is 0 Å². The van der Waals surface area contributed by atoms with Crippen LogP contribution in [0.15, 0.2) is 36.5 Å². The Labute approximate surface area is 170 Å². The van der Waals surface area contributed by atoms with Crippen molar-refractivity contribution in [3.63, 3.8) is 0 Å². The van der Waals surface area contributed by atoms with Crippen LogP contribution >= 0.6 is 0 Å². The van der Waals surface area contributed by atoms with Gasteiger partial charge in [0.15, 0.2) is 5.82 Å². The molecule has 2 fully saturated rings. The lowest BCUT2D eigenvalue weighted by atomic mass is 9.79. The monoisotopic (exact) mass is 398 g/mol. The van der Waals surface area contributed by atoms with Crippen molar-refractivity contribution in [1.82, 2.24) is 4.98 Å². The summed E-state index contributed by atoms with van der Waals surface area (Å²) in [6.45, 7) is 5.68. The molecule has 4 rings (SSSR count). The van der Waals surface area contributed by atoms with Crippen LogP contribution in [-0.4, -0.2) is 37.3 Å². The molecule has 29 heavy (non-hydrogen) atoms. The number of rotatable bonds is 5. The van der Waals surface area contributed by atoms with Gasteiger partial charge in [-0.15, -0.1) is 0 Å². The molecule has 1 aromatic carbocycles. The summed E-state index contributed by atoms with van der Waals surface area (Å²) in [6.07, 6.45) is 3.37. The van der Waals surface area contributed by atoms with Gasteiger partial charge in [0.1, 0.15) is 6.61 Å². The molecule has 7 heteroatoms. The topological polar surface area (TPSA) is 71.7 Å². The maximum Gasteiger partial charge on any atom is 0.404 e. The van der Waals surface area contributed by atoms with Crippen molar-refractivity contribution >= 4 is 17.5 Å². The Kier molecular flexibility index (Phi) is 5.56. The summed E-state index contributed by atoms with van der Waals surface area (Å²) in [7, 11) is 0. The quantitative estimate of drug-likeness (QED) is 0.835. The largest absolute Gasteiger partial charge is 0.445 e. The Hall–Kier alpha value is -2.83. The lowest BCUT2D eigenvalue weighted by molar-refractivity contribution is 0.149. The van der Waals surface area contributed by atoms with Crippen LogP contribution in [0.4, 0.5) is 20.6 Å². The number of carbonyl (C=O) groups excluding carboxylic acids is 1.